The van der Waals surface area contributed by atoms with Gasteiger partial charge < -0.3 is 15.3 Å². The van der Waals surface area contributed by atoms with Gasteiger partial charge in [0.2, 0.25) is 11.8 Å². The molecule has 1 fully saturated rings. The van der Waals surface area contributed by atoms with Crippen LogP contribution >= 0.6 is 0 Å². The van der Waals surface area contributed by atoms with E-state index in [9.17, 15) is 27.6 Å². The van der Waals surface area contributed by atoms with Gasteiger partial charge in [0.1, 0.15) is 5.56 Å². The van der Waals surface area contributed by atoms with Crippen LogP contribution in [0, 0.1) is 5.92 Å². The van der Waals surface area contributed by atoms with E-state index in [1.807, 2.05) is 0 Å². The number of nitrogens with one attached hydrogen (secondary N) is 1. The number of aromatic nitrogens is 2. The number of carboxylic acids is 1. The minimum atomic E-state index is -4.95. The smallest absolute Gasteiger partial charge is 0.434 e. The van der Waals surface area contributed by atoms with Crippen LogP contribution in [-0.2, 0) is 15.8 Å². The number of aromatic carboxylic acids is 1. The van der Waals surface area contributed by atoms with E-state index in [0.717, 1.165) is 0 Å². The van der Waals surface area contributed by atoms with Gasteiger partial charge >= 0.3 is 12.1 Å². The molecule has 1 aromatic carbocycles. The maximum atomic E-state index is 13.3. The van der Waals surface area contributed by atoms with Crippen molar-refractivity contribution in [2.24, 2.45) is 5.92 Å². The van der Waals surface area contributed by atoms with Gasteiger partial charge in [-0.2, -0.15) is 18.3 Å². The van der Waals surface area contributed by atoms with E-state index < -0.39 is 35.2 Å². The first-order valence-electron chi connectivity index (χ1n) is 8.11. The highest BCUT2D eigenvalue weighted by atomic mass is 19.4. The molecule has 2 N–H and O–H groups in total. The van der Waals surface area contributed by atoms with E-state index in [1.54, 1.807) is 7.05 Å². The van der Waals surface area contributed by atoms with Gasteiger partial charge in [-0.1, -0.05) is 6.07 Å². The van der Waals surface area contributed by atoms with Crippen LogP contribution in [0.5, 0.6) is 0 Å². The summed E-state index contributed by atoms with van der Waals surface area (Å²) >= 11 is 0. The van der Waals surface area contributed by atoms with Gasteiger partial charge in [0.15, 0.2) is 5.69 Å². The molecule has 2 aromatic rings. The number of likely N-dealkylation sites (tertiary alicyclic amines) is 1. The van der Waals surface area contributed by atoms with Gasteiger partial charge in [-0.3, -0.25) is 9.59 Å². The van der Waals surface area contributed by atoms with E-state index in [0.29, 0.717) is 10.9 Å². The Hall–Kier alpha value is -3.37. The molecule has 1 saturated heterocycles. The zero-order chi connectivity index (χ0) is 20.6. The van der Waals surface area contributed by atoms with Crippen LogP contribution < -0.4 is 5.32 Å². The fraction of sp³-hybridized carbons (Fsp3) is 0.294. The topological polar surface area (TPSA) is 105 Å². The van der Waals surface area contributed by atoms with Crippen molar-refractivity contribution in [3.8, 4) is 5.69 Å². The van der Waals surface area contributed by atoms with Gasteiger partial charge in [0.05, 0.1) is 17.8 Å². The van der Waals surface area contributed by atoms with Gasteiger partial charge in [0.25, 0.3) is 0 Å². The minimum absolute atomic E-state index is 0.0569. The summed E-state index contributed by atoms with van der Waals surface area (Å²) in [5.74, 6) is -2.91. The number of halogens is 3. The Morgan fingerprint density at radius 2 is 2.04 bits per heavy atom. The summed E-state index contributed by atoms with van der Waals surface area (Å²) in [6, 6.07) is 5.42. The highest BCUT2D eigenvalue weighted by molar-refractivity contribution is 5.97. The third-order valence-electron chi connectivity index (χ3n) is 4.34. The second-order valence-electron chi connectivity index (χ2n) is 6.34. The number of nitrogens with zero attached hydrogens (tertiary/aromatic N) is 3. The first kappa shape index (κ1) is 19.4. The normalized spacial score (nSPS) is 17.1. The monoisotopic (exact) mass is 396 g/mol. The lowest BCUT2D eigenvalue weighted by molar-refractivity contribution is -0.143. The van der Waals surface area contributed by atoms with E-state index in [-0.39, 0.29) is 30.2 Å². The number of carbonyl (C=O) groups is 3. The molecule has 1 aliphatic rings. The highest BCUT2D eigenvalue weighted by Gasteiger charge is 2.40. The summed E-state index contributed by atoms with van der Waals surface area (Å²) < 4.78 is 40.5. The molecule has 3 rings (SSSR count). The van der Waals surface area contributed by atoms with Crippen LogP contribution in [0.25, 0.3) is 5.69 Å². The van der Waals surface area contributed by atoms with Crippen molar-refractivity contribution in [1.82, 2.24) is 14.7 Å². The van der Waals surface area contributed by atoms with Crippen molar-refractivity contribution >= 4 is 23.5 Å². The van der Waals surface area contributed by atoms with Gasteiger partial charge in [0, 0.05) is 25.7 Å². The number of alkyl halides is 3. The average molecular weight is 396 g/mol. The largest absolute Gasteiger partial charge is 0.478 e. The predicted octanol–water partition coefficient (Wildman–Crippen LogP) is 2.01. The molecule has 1 aliphatic heterocycles. The molecule has 2 amide bonds. The fourth-order valence-electron chi connectivity index (χ4n) is 2.97. The van der Waals surface area contributed by atoms with Crippen molar-refractivity contribution in [3.63, 3.8) is 0 Å². The molecule has 1 aromatic heterocycles. The highest BCUT2D eigenvalue weighted by Crippen LogP contribution is 2.34. The summed E-state index contributed by atoms with van der Waals surface area (Å²) in [6.45, 7) is 0.254. The van der Waals surface area contributed by atoms with Crippen LogP contribution in [0.1, 0.15) is 22.5 Å². The number of benzene rings is 1. The molecule has 0 bridgehead atoms. The number of carboxylic acid groups (broad SMARTS) is 1. The lowest BCUT2D eigenvalue weighted by atomic mass is 10.1. The van der Waals surface area contributed by atoms with Gasteiger partial charge in [-0.05, 0) is 18.2 Å². The number of carbonyl (C=O) groups excluding carboxylic acids is 2. The summed E-state index contributed by atoms with van der Waals surface area (Å²) in [7, 11) is 1.58. The average Bonchev–Trinajstić information content (AvgIpc) is 3.19. The molecule has 0 spiro atoms. The molecule has 8 nitrogen and oxygen atoms in total. The molecular formula is C17H15F3N4O4. The molecule has 0 radical (unpaired) electrons. The quantitative estimate of drug-likeness (QED) is 0.823. The first-order valence-corrected chi connectivity index (χ1v) is 8.11. The molecule has 1 unspecified atom stereocenters. The Morgan fingerprint density at radius 1 is 1.32 bits per heavy atom. The number of hydrogen-bond donors (Lipinski definition) is 2. The Bertz CT molecular complexity index is 954. The van der Waals surface area contributed by atoms with Crippen LogP contribution in [0.3, 0.4) is 0 Å². The van der Waals surface area contributed by atoms with Crippen LogP contribution in [0.15, 0.2) is 30.5 Å². The zero-order valence-corrected chi connectivity index (χ0v) is 14.5. The molecule has 11 heteroatoms. The summed E-state index contributed by atoms with van der Waals surface area (Å²) in [5.41, 5.74) is -2.27. The zero-order valence-electron chi connectivity index (χ0n) is 14.5. The molecule has 28 heavy (non-hydrogen) atoms. The van der Waals surface area contributed by atoms with E-state index in [4.69, 9.17) is 5.11 Å². The lowest BCUT2D eigenvalue weighted by Gasteiger charge is -2.14. The summed E-state index contributed by atoms with van der Waals surface area (Å²) in [5, 5.41) is 15.1. The minimum Gasteiger partial charge on any atom is -0.478 e. The maximum Gasteiger partial charge on any atom is 0.434 e. The van der Waals surface area contributed by atoms with E-state index in [2.05, 4.69) is 10.4 Å². The third-order valence-corrected chi connectivity index (χ3v) is 4.34. The standard InChI is InChI=1S/C17H15F3N4O4/c1-23-8-9(5-13(23)25)15(26)22-10-3-2-4-11(6-10)24-14(17(18,19)20)12(7-21-24)16(27)28/h2-4,6-7,9H,5,8H2,1H3,(H,22,26)(H,27,28). The number of rotatable bonds is 4. The van der Waals surface area contributed by atoms with Crippen molar-refractivity contribution in [1.29, 1.82) is 0 Å². The maximum absolute atomic E-state index is 13.3. The Labute approximate surface area is 156 Å². The van der Waals surface area contributed by atoms with Gasteiger partial charge in [-0.25, -0.2) is 9.48 Å². The third kappa shape index (κ3) is 3.68. The molecule has 2 heterocycles. The Kier molecular flexibility index (Phi) is 4.84. The number of anilines is 1. The Balaban J connectivity index is 1.89. The predicted molar refractivity (Wildman–Crippen MR) is 89.9 cm³/mol. The number of hydrogen-bond acceptors (Lipinski definition) is 4. The van der Waals surface area contributed by atoms with Crippen molar-refractivity contribution in [3.05, 3.63) is 41.7 Å². The molecule has 1 atom stereocenters. The summed E-state index contributed by atoms with van der Waals surface area (Å²) in [4.78, 5) is 36.4. The van der Waals surface area contributed by atoms with Crippen molar-refractivity contribution < 1.29 is 32.7 Å². The second-order valence-corrected chi connectivity index (χ2v) is 6.34. The van der Waals surface area contributed by atoms with Crippen LogP contribution in [0.4, 0.5) is 18.9 Å². The number of amides is 2. The Morgan fingerprint density at radius 3 is 2.61 bits per heavy atom. The van der Waals surface area contributed by atoms with Crippen LogP contribution in [-0.4, -0.2) is 51.2 Å². The van der Waals surface area contributed by atoms with E-state index >= 15 is 0 Å². The fourth-order valence-corrected chi connectivity index (χ4v) is 2.97. The summed E-state index contributed by atoms with van der Waals surface area (Å²) in [6.07, 6.45) is -4.27. The van der Waals surface area contributed by atoms with Crippen molar-refractivity contribution in [2.75, 3.05) is 18.9 Å². The SMILES string of the molecule is CN1CC(C(=O)Nc2cccc(-n3ncc(C(=O)O)c3C(F)(F)F)c2)CC1=O. The van der Waals surface area contributed by atoms with Crippen molar-refractivity contribution in [2.45, 2.75) is 12.6 Å². The lowest BCUT2D eigenvalue weighted by Crippen LogP contribution is -2.25. The van der Waals surface area contributed by atoms with Gasteiger partial charge in [-0.15, -0.1) is 0 Å². The molecule has 0 aliphatic carbocycles. The second kappa shape index (κ2) is 6.98. The first-order chi connectivity index (χ1) is 13.1. The van der Waals surface area contributed by atoms with Crippen LogP contribution in [0.2, 0.25) is 0 Å². The molecule has 148 valence electrons. The molecule has 0 saturated carbocycles. The molecular weight excluding hydrogens is 381 g/mol. The van der Waals surface area contributed by atoms with E-state index in [1.165, 1.54) is 29.2 Å².